The number of benzene rings is 2. The molecule has 2 aromatic carbocycles. The largest absolute Gasteiger partial charge is 0.484 e. The third-order valence-electron chi connectivity index (χ3n) is 3.53. The highest BCUT2D eigenvalue weighted by Crippen LogP contribution is 2.16. The molecule has 3 heteroatoms. The van der Waals surface area contributed by atoms with Gasteiger partial charge in [-0.2, -0.15) is 0 Å². The summed E-state index contributed by atoms with van der Waals surface area (Å²) in [4.78, 5) is 11.9. The number of amides is 1. The van der Waals surface area contributed by atoms with Gasteiger partial charge in [0.15, 0.2) is 6.61 Å². The lowest BCUT2D eigenvalue weighted by atomic mass is 10.1. The standard InChI is InChI=1S/C18H21NO2/c1-13-9-10-17(11-14(13)2)21-12-18(20)19-15(3)16-7-5-4-6-8-16/h4-11,15H,12H2,1-3H3,(H,19,20)/t15-/m0/s1. The molecule has 1 N–H and O–H groups in total. The predicted octanol–water partition coefficient (Wildman–Crippen LogP) is 3.56. The summed E-state index contributed by atoms with van der Waals surface area (Å²) < 4.78 is 5.53. The van der Waals surface area contributed by atoms with Gasteiger partial charge in [0.1, 0.15) is 5.75 Å². The molecule has 0 aliphatic heterocycles. The first-order chi connectivity index (χ1) is 10.1. The van der Waals surface area contributed by atoms with Crippen LogP contribution in [0.15, 0.2) is 48.5 Å². The van der Waals surface area contributed by atoms with E-state index in [0.717, 1.165) is 16.9 Å². The van der Waals surface area contributed by atoms with Crippen LogP contribution in [-0.4, -0.2) is 12.5 Å². The van der Waals surface area contributed by atoms with Crippen molar-refractivity contribution in [3.8, 4) is 5.75 Å². The summed E-state index contributed by atoms with van der Waals surface area (Å²) in [5.41, 5.74) is 3.45. The second-order valence-electron chi connectivity index (χ2n) is 5.23. The van der Waals surface area contributed by atoms with Gasteiger partial charge in [0.05, 0.1) is 6.04 Å². The average Bonchev–Trinajstić information content (AvgIpc) is 2.49. The van der Waals surface area contributed by atoms with Crippen molar-refractivity contribution in [2.75, 3.05) is 6.61 Å². The van der Waals surface area contributed by atoms with Crippen molar-refractivity contribution in [1.29, 1.82) is 0 Å². The molecule has 0 unspecified atom stereocenters. The summed E-state index contributed by atoms with van der Waals surface area (Å²) >= 11 is 0. The molecule has 2 aromatic rings. The van der Waals surface area contributed by atoms with E-state index in [-0.39, 0.29) is 18.6 Å². The number of rotatable bonds is 5. The van der Waals surface area contributed by atoms with Crippen molar-refractivity contribution in [1.82, 2.24) is 5.32 Å². The minimum Gasteiger partial charge on any atom is -0.484 e. The van der Waals surface area contributed by atoms with E-state index in [1.807, 2.05) is 69.3 Å². The summed E-state index contributed by atoms with van der Waals surface area (Å²) in [5, 5.41) is 2.93. The van der Waals surface area contributed by atoms with Crippen LogP contribution in [0, 0.1) is 13.8 Å². The molecular weight excluding hydrogens is 262 g/mol. The number of ether oxygens (including phenoxy) is 1. The van der Waals surface area contributed by atoms with Gasteiger partial charge >= 0.3 is 0 Å². The highest BCUT2D eigenvalue weighted by molar-refractivity contribution is 5.78. The lowest BCUT2D eigenvalue weighted by Crippen LogP contribution is -2.31. The lowest BCUT2D eigenvalue weighted by molar-refractivity contribution is -0.123. The van der Waals surface area contributed by atoms with Gasteiger partial charge in [-0.05, 0) is 49.6 Å². The maximum atomic E-state index is 11.9. The molecule has 1 amide bonds. The van der Waals surface area contributed by atoms with Crippen molar-refractivity contribution in [3.63, 3.8) is 0 Å². The molecule has 0 saturated heterocycles. The van der Waals surface area contributed by atoms with Gasteiger partial charge in [-0.25, -0.2) is 0 Å². The average molecular weight is 283 g/mol. The molecule has 0 radical (unpaired) electrons. The Bertz CT molecular complexity index is 608. The molecule has 1 atom stereocenters. The van der Waals surface area contributed by atoms with Crippen LogP contribution in [0.5, 0.6) is 5.75 Å². The minimum atomic E-state index is -0.121. The number of aryl methyl sites for hydroxylation is 2. The Kier molecular flexibility index (Phi) is 4.99. The number of hydrogen-bond acceptors (Lipinski definition) is 2. The van der Waals surface area contributed by atoms with E-state index < -0.39 is 0 Å². The van der Waals surface area contributed by atoms with Gasteiger partial charge in [0.2, 0.25) is 0 Å². The molecule has 0 aliphatic carbocycles. The molecule has 110 valence electrons. The Hall–Kier alpha value is -2.29. The molecule has 0 saturated carbocycles. The summed E-state index contributed by atoms with van der Waals surface area (Å²) in [6.07, 6.45) is 0. The van der Waals surface area contributed by atoms with Crippen LogP contribution >= 0.6 is 0 Å². The van der Waals surface area contributed by atoms with Crippen molar-refractivity contribution >= 4 is 5.91 Å². The maximum absolute atomic E-state index is 11.9. The van der Waals surface area contributed by atoms with Crippen LogP contribution in [0.2, 0.25) is 0 Å². The molecular formula is C18H21NO2. The number of carbonyl (C=O) groups excluding carboxylic acids is 1. The lowest BCUT2D eigenvalue weighted by Gasteiger charge is -2.15. The number of nitrogens with one attached hydrogen (secondary N) is 1. The van der Waals surface area contributed by atoms with Crippen LogP contribution in [0.4, 0.5) is 0 Å². The van der Waals surface area contributed by atoms with E-state index in [2.05, 4.69) is 5.32 Å². The first kappa shape index (κ1) is 15.1. The van der Waals surface area contributed by atoms with Crippen LogP contribution in [0.1, 0.15) is 29.7 Å². The summed E-state index contributed by atoms with van der Waals surface area (Å²) in [5.74, 6) is 0.602. The Labute approximate surface area is 126 Å². The van der Waals surface area contributed by atoms with E-state index >= 15 is 0 Å². The van der Waals surface area contributed by atoms with Crippen molar-refractivity contribution < 1.29 is 9.53 Å². The second kappa shape index (κ2) is 6.93. The van der Waals surface area contributed by atoms with Crippen LogP contribution in [0.25, 0.3) is 0 Å². The van der Waals surface area contributed by atoms with Gasteiger partial charge in [-0.15, -0.1) is 0 Å². The summed E-state index contributed by atoms with van der Waals surface area (Å²) in [7, 11) is 0. The Balaban J connectivity index is 1.86. The Morgan fingerprint density at radius 2 is 1.81 bits per heavy atom. The molecule has 21 heavy (non-hydrogen) atoms. The predicted molar refractivity (Wildman–Crippen MR) is 84.4 cm³/mol. The molecule has 3 nitrogen and oxygen atoms in total. The van der Waals surface area contributed by atoms with Gasteiger partial charge in [0.25, 0.3) is 5.91 Å². The van der Waals surface area contributed by atoms with E-state index in [4.69, 9.17) is 4.74 Å². The molecule has 2 rings (SSSR count). The van der Waals surface area contributed by atoms with Crippen LogP contribution in [-0.2, 0) is 4.79 Å². The molecule has 0 heterocycles. The number of carbonyl (C=O) groups is 1. The number of hydrogen-bond donors (Lipinski definition) is 1. The topological polar surface area (TPSA) is 38.3 Å². The molecule has 0 fully saturated rings. The highest BCUT2D eigenvalue weighted by atomic mass is 16.5. The zero-order valence-corrected chi connectivity index (χ0v) is 12.7. The van der Waals surface area contributed by atoms with Gasteiger partial charge in [-0.1, -0.05) is 36.4 Å². The fraction of sp³-hybridized carbons (Fsp3) is 0.278. The SMILES string of the molecule is Cc1ccc(OCC(=O)N[C@@H](C)c2ccccc2)cc1C. The van der Waals surface area contributed by atoms with Crippen LogP contribution < -0.4 is 10.1 Å². The second-order valence-corrected chi connectivity index (χ2v) is 5.23. The minimum absolute atomic E-state index is 0.0259. The monoisotopic (exact) mass is 283 g/mol. The highest BCUT2D eigenvalue weighted by Gasteiger charge is 2.09. The summed E-state index contributed by atoms with van der Waals surface area (Å²) in [6.45, 7) is 6.07. The first-order valence-electron chi connectivity index (χ1n) is 7.10. The van der Waals surface area contributed by atoms with Crippen molar-refractivity contribution in [2.24, 2.45) is 0 Å². The molecule has 0 aromatic heterocycles. The van der Waals surface area contributed by atoms with Gasteiger partial charge in [-0.3, -0.25) is 4.79 Å². The normalized spacial score (nSPS) is 11.8. The van der Waals surface area contributed by atoms with Crippen molar-refractivity contribution in [3.05, 3.63) is 65.2 Å². The van der Waals surface area contributed by atoms with E-state index in [9.17, 15) is 4.79 Å². The summed E-state index contributed by atoms with van der Waals surface area (Å²) in [6, 6.07) is 15.7. The molecule has 0 spiro atoms. The Morgan fingerprint density at radius 1 is 1.10 bits per heavy atom. The Morgan fingerprint density at radius 3 is 2.48 bits per heavy atom. The zero-order chi connectivity index (χ0) is 15.2. The fourth-order valence-electron chi connectivity index (χ4n) is 2.06. The smallest absolute Gasteiger partial charge is 0.258 e. The van der Waals surface area contributed by atoms with Gasteiger partial charge in [0, 0.05) is 0 Å². The van der Waals surface area contributed by atoms with Crippen molar-refractivity contribution in [2.45, 2.75) is 26.8 Å². The quantitative estimate of drug-likeness (QED) is 0.911. The fourth-order valence-corrected chi connectivity index (χ4v) is 2.06. The zero-order valence-electron chi connectivity index (χ0n) is 12.7. The van der Waals surface area contributed by atoms with E-state index in [1.165, 1.54) is 5.56 Å². The maximum Gasteiger partial charge on any atom is 0.258 e. The van der Waals surface area contributed by atoms with E-state index in [1.54, 1.807) is 0 Å². The molecule has 0 bridgehead atoms. The van der Waals surface area contributed by atoms with E-state index in [0.29, 0.717) is 0 Å². The third-order valence-corrected chi connectivity index (χ3v) is 3.53. The van der Waals surface area contributed by atoms with Crippen LogP contribution in [0.3, 0.4) is 0 Å². The van der Waals surface area contributed by atoms with Gasteiger partial charge < -0.3 is 10.1 Å². The first-order valence-corrected chi connectivity index (χ1v) is 7.10. The third kappa shape index (κ3) is 4.35. The molecule has 0 aliphatic rings.